The molecule has 2 aliphatic heterocycles. The summed E-state index contributed by atoms with van der Waals surface area (Å²) in [6.07, 6.45) is 0. The van der Waals surface area contributed by atoms with Crippen molar-refractivity contribution < 1.29 is 23.9 Å². The molecule has 2 aliphatic rings. The van der Waals surface area contributed by atoms with Crippen LogP contribution in [0.2, 0.25) is 5.02 Å². The molecule has 2 aromatic carbocycles. The molecule has 0 unspecified atom stereocenters. The molecule has 0 bridgehead atoms. The monoisotopic (exact) mass is 427 g/mol. The van der Waals surface area contributed by atoms with E-state index in [0.717, 1.165) is 0 Å². The molecule has 30 heavy (non-hydrogen) atoms. The second kappa shape index (κ2) is 8.08. The zero-order valence-corrected chi connectivity index (χ0v) is 16.7. The van der Waals surface area contributed by atoms with E-state index >= 15 is 0 Å². The maximum atomic E-state index is 12.8. The second-order valence-corrected chi connectivity index (χ2v) is 7.17. The first-order valence-corrected chi connectivity index (χ1v) is 9.51. The number of ether oxygens (including phenoxy) is 2. The smallest absolute Gasteiger partial charge is 0.338 e. The van der Waals surface area contributed by atoms with Gasteiger partial charge < -0.3 is 20.1 Å². The highest BCUT2D eigenvalue weighted by molar-refractivity contribution is 6.30. The molecular formula is C21H18ClN3O5. The summed E-state index contributed by atoms with van der Waals surface area (Å²) in [5.74, 6) is -0.287. The number of urea groups is 1. The highest BCUT2D eigenvalue weighted by Crippen LogP contribution is 2.35. The molecular weight excluding hydrogens is 410 g/mol. The molecule has 154 valence electrons. The van der Waals surface area contributed by atoms with Crippen LogP contribution < -0.4 is 15.4 Å². The lowest BCUT2D eigenvalue weighted by atomic mass is 9.96. The minimum Gasteiger partial charge on any atom is -0.497 e. The lowest BCUT2D eigenvalue weighted by molar-refractivity contribution is -0.136. The van der Waals surface area contributed by atoms with Crippen molar-refractivity contribution in [3.8, 4) is 5.75 Å². The van der Waals surface area contributed by atoms with E-state index in [0.29, 0.717) is 33.3 Å². The van der Waals surface area contributed by atoms with E-state index in [-0.39, 0.29) is 13.2 Å². The van der Waals surface area contributed by atoms with E-state index in [1.54, 1.807) is 55.6 Å². The minimum absolute atomic E-state index is 0.0749. The number of methoxy groups -OCH3 is 1. The Bertz CT molecular complexity index is 1050. The normalized spacial score (nSPS) is 17.9. The van der Waals surface area contributed by atoms with Crippen molar-refractivity contribution >= 4 is 35.2 Å². The van der Waals surface area contributed by atoms with Gasteiger partial charge in [-0.15, -0.1) is 0 Å². The number of hydrogen-bond donors (Lipinski definition) is 2. The minimum atomic E-state index is -0.693. The number of nitrogens with zero attached hydrogens (tertiary/aromatic N) is 1. The quantitative estimate of drug-likeness (QED) is 0.715. The molecule has 2 aromatic rings. The summed E-state index contributed by atoms with van der Waals surface area (Å²) in [7, 11) is 1.55. The molecule has 1 atom stereocenters. The van der Waals surface area contributed by atoms with Crippen LogP contribution in [0, 0.1) is 0 Å². The highest BCUT2D eigenvalue weighted by atomic mass is 35.5. The number of carbonyl (C=O) groups excluding carboxylic acids is 3. The van der Waals surface area contributed by atoms with Crippen LogP contribution in [0.25, 0.3) is 0 Å². The zero-order valence-electron chi connectivity index (χ0n) is 16.0. The van der Waals surface area contributed by atoms with Gasteiger partial charge in [-0.25, -0.2) is 9.59 Å². The summed E-state index contributed by atoms with van der Waals surface area (Å²) in [6, 6.07) is 12.5. The number of anilines is 1. The SMILES string of the molecule is COc1ccc(NC(=O)CN2C(=O)N[C@@H](c3cccc(Cl)c3)C3=C2COC3=O)cc1. The average molecular weight is 428 g/mol. The Hall–Kier alpha value is -3.52. The fourth-order valence-corrected chi connectivity index (χ4v) is 3.63. The molecule has 3 amide bonds. The van der Waals surface area contributed by atoms with E-state index < -0.39 is 23.9 Å². The average Bonchev–Trinajstić information content (AvgIpc) is 3.12. The van der Waals surface area contributed by atoms with Gasteiger partial charge in [0.05, 0.1) is 24.4 Å². The Kier molecular flexibility index (Phi) is 5.33. The lowest BCUT2D eigenvalue weighted by Gasteiger charge is -2.32. The molecule has 0 aliphatic carbocycles. The number of esters is 1. The van der Waals surface area contributed by atoms with Crippen LogP contribution in [0.1, 0.15) is 11.6 Å². The van der Waals surface area contributed by atoms with Gasteiger partial charge in [0.2, 0.25) is 5.91 Å². The number of rotatable bonds is 5. The summed E-state index contributed by atoms with van der Waals surface area (Å²) in [5.41, 5.74) is 1.89. The first-order valence-electron chi connectivity index (χ1n) is 9.14. The van der Waals surface area contributed by atoms with E-state index in [1.165, 1.54) is 4.90 Å². The predicted octanol–water partition coefficient (Wildman–Crippen LogP) is 2.86. The molecule has 0 saturated carbocycles. The van der Waals surface area contributed by atoms with Crippen molar-refractivity contribution in [2.75, 3.05) is 25.6 Å². The van der Waals surface area contributed by atoms with Gasteiger partial charge in [-0.05, 0) is 42.0 Å². The molecule has 0 saturated heterocycles. The van der Waals surface area contributed by atoms with Gasteiger partial charge in [0, 0.05) is 10.7 Å². The molecule has 4 rings (SSSR count). The molecule has 2 heterocycles. The fourth-order valence-electron chi connectivity index (χ4n) is 3.43. The maximum Gasteiger partial charge on any atom is 0.338 e. The summed E-state index contributed by atoms with van der Waals surface area (Å²) in [4.78, 5) is 38.9. The predicted molar refractivity (Wildman–Crippen MR) is 109 cm³/mol. The summed E-state index contributed by atoms with van der Waals surface area (Å²) >= 11 is 6.06. The third-order valence-electron chi connectivity index (χ3n) is 4.86. The van der Waals surface area contributed by atoms with Crippen molar-refractivity contribution in [2.24, 2.45) is 0 Å². The van der Waals surface area contributed by atoms with Gasteiger partial charge in [0.25, 0.3) is 0 Å². The topological polar surface area (TPSA) is 97.0 Å². The summed E-state index contributed by atoms with van der Waals surface area (Å²) in [6.45, 7) is -0.343. The van der Waals surface area contributed by atoms with E-state index in [1.807, 2.05) is 0 Å². The number of halogens is 1. The van der Waals surface area contributed by atoms with Crippen LogP contribution in [0.4, 0.5) is 10.5 Å². The maximum absolute atomic E-state index is 12.8. The second-order valence-electron chi connectivity index (χ2n) is 6.74. The summed E-state index contributed by atoms with van der Waals surface area (Å²) in [5, 5.41) is 5.97. The summed E-state index contributed by atoms with van der Waals surface area (Å²) < 4.78 is 10.2. The molecule has 8 nitrogen and oxygen atoms in total. The van der Waals surface area contributed by atoms with Crippen LogP contribution in [0.15, 0.2) is 59.8 Å². The molecule has 0 spiro atoms. The third-order valence-corrected chi connectivity index (χ3v) is 5.09. The van der Waals surface area contributed by atoms with Crippen LogP contribution in [-0.2, 0) is 14.3 Å². The van der Waals surface area contributed by atoms with E-state index in [4.69, 9.17) is 21.1 Å². The van der Waals surface area contributed by atoms with Gasteiger partial charge in [-0.2, -0.15) is 0 Å². The molecule has 0 radical (unpaired) electrons. The first-order chi connectivity index (χ1) is 14.5. The van der Waals surface area contributed by atoms with Gasteiger partial charge >= 0.3 is 12.0 Å². The van der Waals surface area contributed by atoms with Crippen LogP contribution in [0.5, 0.6) is 5.75 Å². The van der Waals surface area contributed by atoms with Crippen molar-refractivity contribution in [2.45, 2.75) is 6.04 Å². The van der Waals surface area contributed by atoms with Crippen molar-refractivity contribution in [1.29, 1.82) is 0 Å². The van der Waals surface area contributed by atoms with Gasteiger partial charge in [-0.3, -0.25) is 9.69 Å². The molecule has 2 N–H and O–H groups in total. The Balaban J connectivity index is 1.56. The third kappa shape index (κ3) is 3.81. The van der Waals surface area contributed by atoms with E-state index in [2.05, 4.69) is 10.6 Å². The lowest BCUT2D eigenvalue weighted by Crippen LogP contribution is -2.49. The van der Waals surface area contributed by atoms with Crippen molar-refractivity contribution in [3.63, 3.8) is 0 Å². The Labute approximate surface area is 177 Å². The largest absolute Gasteiger partial charge is 0.497 e. The van der Waals surface area contributed by atoms with E-state index in [9.17, 15) is 14.4 Å². The Morgan fingerprint density at radius 2 is 2.03 bits per heavy atom. The number of benzene rings is 2. The Morgan fingerprint density at radius 3 is 2.73 bits per heavy atom. The highest BCUT2D eigenvalue weighted by Gasteiger charge is 2.42. The van der Waals surface area contributed by atoms with Gasteiger partial charge in [0.15, 0.2) is 0 Å². The number of cyclic esters (lactones) is 1. The standard InChI is InChI=1S/C21H18ClN3O5/c1-29-15-7-5-14(6-8-15)23-17(26)10-25-16-11-30-20(27)18(16)19(24-21(25)28)12-3-2-4-13(22)9-12/h2-9,19H,10-11H2,1H3,(H,23,26)(H,24,28)/t19-/m0/s1. The number of amides is 3. The molecule has 0 aromatic heterocycles. The number of hydrogen-bond acceptors (Lipinski definition) is 5. The van der Waals surface area contributed by atoms with Crippen LogP contribution in [0.3, 0.4) is 0 Å². The number of carbonyl (C=O) groups is 3. The molecule has 9 heteroatoms. The van der Waals surface area contributed by atoms with Crippen molar-refractivity contribution in [3.05, 3.63) is 70.4 Å². The zero-order chi connectivity index (χ0) is 21.3. The molecule has 0 fully saturated rings. The fraction of sp³-hybridized carbons (Fsp3) is 0.190. The van der Waals surface area contributed by atoms with Gasteiger partial charge in [0.1, 0.15) is 18.9 Å². The Morgan fingerprint density at radius 1 is 1.27 bits per heavy atom. The van der Waals surface area contributed by atoms with Gasteiger partial charge in [-0.1, -0.05) is 23.7 Å². The van der Waals surface area contributed by atoms with Crippen LogP contribution in [-0.4, -0.2) is 43.1 Å². The number of nitrogens with one attached hydrogen (secondary N) is 2. The van der Waals surface area contributed by atoms with Crippen molar-refractivity contribution in [1.82, 2.24) is 10.2 Å². The van der Waals surface area contributed by atoms with Crippen LogP contribution >= 0.6 is 11.6 Å². The first kappa shape index (κ1) is 19.8.